The topological polar surface area (TPSA) is 151 Å². The highest BCUT2D eigenvalue weighted by atomic mass is 31.2. The first-order valence-electron chi connectivity index (χ1n) is 8.61. The number of aromatic nitrogens is 4. The van der Waals surface area contributed by atoms with Gasteiger partial charge in [-0.15, -0.1) is 0 Å². The van der Waals surface area contributed by atoms with Crippen molar-refractivity contribution in [2.75, 3.05) is 70.5 Å². The van der Waals surface area contributed by atoms with Gasteiger partial charge >= 0.3 is 7.82 Å². The predicted molar refractivity (Wildman–Crippen MR) is 113 cm³/mol. The molecule has 2 rings (SSSR count). The van der Waals surface area contributed by atoms with Crippen molar-refractivity contribution >= 4 is 25.4 Å². The second kappa shape index (κ2) is 11.0. The summed E-state index contributed by atoms with van der Waals surface area (Å²) in [5, 5.41) is 3.35. The molecule has 0 aliphatic rings. The lowest BCUT2D eigenvalue weighted by Crippen LogP contribution is -2.21. The van der Waals surface area contributed by atoms with Crippen molar-refractivity contribution < 1.29 is 19.2 Å². The normalized spacial score (nSPS) is 11.0. The molecule has 29 heavy (non-hydrogen) atoms. The Balaban J connectivity index is 0.000000749. The number of anilines is 3. The van der Waals surface area contributed by atoms with Crippen LogP contribution in [0.15, 0.2) is 18.3 Å². The second-order valence-electron chi connectivity index (χ2n) is 6.71. The maximum absolute atomic E-state index is 8.88. The molecule has 2 aromatic rings. The Morgan fingerprint density at radius 3 is 2.14 bits per heavy atom. The Kier molecular flexibility index (Phi) is 9.34. The number of phosphoric acid groups is 1. The molecule has 0 aliphatic carbocycles. The van der Waals surface area contributed by atoms with Gasteiger partial charge in [0.25, 0.3) is 0 Å². The number of nitrogens with one attached hydrogen (secondary N) is 1. The highest BCUT2D eigenvalue weighted by Crippen LogP contribution is 2.25. The molecule has 0 saturated heterocycles. The fourth-order valence-electron chi connectivity index (χ4n) is 1.96. The molecule has 0 spiro atoms. The Morgan fingerprint density at radius 2 is 1.62 bits per heavy atom. The highest BCUT2D eigenvalue weighted by molar-refractivity contribution is 7.45. The quantitative estimate of drug-likeness (QED) is 0.443. The van der Waals surface area contributed by atoms with Crippen molar-refractivity contribution in [2.24, 2.45) is 0 Å². The first-order valence-corrected chi connectivity index (χ1v) is 10.2. The van der Waals surface area contributed by atoms with E-state index < -0.39 is 7.82 Å². The van der Waals surface area contributed by atoms with Crippen LogP contribution in [0.4, 0.5) is 17.6 Å². The van der Waals surface area contributed by atoms with Gasteiger partial charge in [0.1, 0.15) is 17.3 Å². The van der Waals surface area contributed by atoms with Crippen molar-refractivity contribution in [3.8, 4) is 11.5 Å². The summed E-state index contributed by atoms with van der Waals surface area (Å²) in [7, 11) is 7.18. The van der Waals surface area contributed by atoms with E-state index >= 15 is 0 Å². The first-order chi connectivity index (χ1) is 13.4. The maximum Gasteiger partial charge on any atom is 0.466 e. The van der Waals surface area contributed by atoms with Gasteiger partial charge in [-0.05, 0) is 20.2 Å². The van der Waals surface area contributed by atoms with E-state index in [2.05, 4.69) is 30.2 Å². The van der Waals surface area contributed by atoms with Crippen LogP contribution in [-0.2, 0) is 4.57 Å². The van der Waals surface area contributed by atoms with Gasteiger partial charge in [-0.25, -0.2) is 24.5 Å². The Labute approximate surface area is 170 Å². The van der Waals surface area contributed by atoms with Gasteiger partial charge in [0.15, 0.2) is 5.82 Å². The largest absolute Gasteiger partial charge is 0.466 e. The molecule has 2 heterocycles. The minimum atomic E-state index is -4.64. The molecule has 0 aliphatic heterocycles. The molecule has 2 aromatic heterocycles. The lowest BCUT2D eigenvalue weighted by Gasteiger charge is -2.16. The summed E-state index contributed by atoms with van der Waals surface area (Å²) in [6, 6.07) is 3.76. The average Bonchev–Trinajstić information content (AvgIpc) is 2.59. The predicted octanol–water partition coefficient (Wildman–Crippen LogP) is 0.111. The summed E-state index contributed by atoms with van der Waals surface area (Å²) in [6.45, 7) is 1.73. The molecule has 0 unspecified atom stereocenters. The molecule has 13 heteroatoms. The van der Waals surface area contributed by atoms with Crippen molar-refractivity contribution in [1.82, 2.24) is 24.8 Å². The van der Waals surface area contributed by atoms with Crippen molar-refractivity contribution in [3.63, 3.8) is 0 Å². The number of hydrogen-bond acceptors (Lipinski definition) is 9. The van der Waals surface area contributed by atoms with Crippen molar-refractivity contribution in [3.05, 3.63) is 18.3 Å². The van der Waals surface area contributed by atoms with Gasteiger partial charge in [-0.3, -0.25) is 0 Å². The van der Waals surface area contributed by atoms with Gasteiger partial charge in [0.2, 0.25) is 5.95 Å². The van der Waals surface area contributed by atoms with Crippen LogP contribution in [0.2, 0.25) is 0 Å². The van der Waals surface area contributed by atoms with Crippen LogP contribution >= 0.6 is 7.82 Å². The summed E-state index contributed by atoms with van der Waals surface area (Å²) < 4.78 is 8.88. The van der Waals surface area contributed by atoms with Crippen LogP contribution in [-0.4, -0.2) is 94.9 Å². The third-order valence-corrected chi connectivity index (χ3v) is 3.31. The van der Waals surface area contributed by atoms with E-state index in [0.29, 0.717) is 17.5 Å². The van der Waals surface area contributed by atoms with Gasteiger partial charge in [-0.1, -0.05) is 0 Å². The standard InChI is InChI=1S/C16H26N8.H3O4P/c1-22(2)10-9-17-13-11-14(23(3)4)21-15(20-13)12-7-8-18-16(19-12)24(5)6;1-5(2,3)4/h7-8,11H,9-10H2,1-6H3,(H,17,20,21);(H3,1,2,3,4). The zero-order valence-corrected chi connectivity index (χ0v) is 18.4. The SMILES string of the molecule is CN(C)CCNc1cc(N(C)C)nc(-c2ccnc(N(C)C)n2)n1.O=P(O)(O)O. The van der Waals surface area contributed by atoms with Crippen molar-refractivity contribution in [2.45, 2.75) is 0 Å². The van der Waals surface area contributed by atoms with Crippen LogP contribution in [0.25, 0.3) is 11.5 Å². The van der Waals surface area contributed by atoms with E-state index in [1.807, 2.05) is 64.2 Å². The number of nitrogens with zero attached hydrogens (tertiary/aromatic N) is 7. The minimum absolute atomic E-state index is 0.582. The zero-order valence-electron chi connectivity index (χ0n) is 17.5. The summed E-state index contributed by atoms with van der Waals surface area (Å²) >= 11 is 0. The fourth-order valence-corrected chi connectivity index (χ4v) is 1.96. The molecule has 0 aromatic carbocycles. The van der Waals surface area contributed by atoms with Crippen LogP contribution in [0.1, 0.15) is 0 Å². The Morgan fingerprint density at radius 1 is 1.00 bits per heavy atom. The molecule has 0 bridgehead atoms. The third-order valence-electron chi connectivity index (χ3n) is 3.31. The molecule has 0 amide bonds. The van der Waals surface area contributed by atoms with E-state index in [-0.39, 0.29) is 0 Å². The average molecular weight is 428 g/mol. The molecule has 0 atom stereocenters. The van der Waals surface area contributed by atoms with Crippen LogP contribution in [0.3, 0.4) is 0 Å². The lowest BCUT2D eigenvalue weighted by molar-refractivity contribution is 0.275. The highest BCUT2D eigenvalue weighted by Gasteiger charge is 2.11. The van der Waals surface area contributed by atoms with Gasteiger partial charge in [0, 0.05) is 53.5 Å². The minimum Gasteiger partial charge on any atom is -0.369 e. The Bertz CT molecular complexity index is 820. The maximum atomic E-state index is 8.88. The molecule has 4 N–H and O–H groups in total. The number of likely N-dealkylation sites (N-methyl/N-ethyl adjacent to an activating group) is 1. The van der Waals surface area contributed by atoms with Crippen molar-refractivity contribution in [1.29, 1.82) is 0 Å². The molecule has 0 fully saturated rings. The van der Waals surface area contributed by atoms with Crippen LogP contribution < -0.4 is 15.1 Å². The summed E-state index contributed by atoms with van der Waals surface area (Å²) in [6.07, 6.45) is 1.72. The molecule has 12 nitrogen and oxygen atoms in total. The third kappa shape index (κ3) is 10.1. The van der Waals surface area contributed by atoms with Gasteiger partial charge in [0.05, 0.1) is 0 Å². The second-order valence-corrected chi connectivity index (χ2v) is 7.74. The first kappa shape index (κ1) is 24.7. The van der Waals surface area contributed by atoms with E-state index in [0.717, 1.165) is 24.7 Å². The monoisotopic (exact) mass is 428 g/mol. The molecule has 162 valence electrons. The van der Waals surface area contributed by atoms with Crippen LogP contribution in [0, 0.1) is 0 Å². The van der Waals surface area contributed by atoms with Gasteiger partial charge in [-0.2, -0.15) is 0 Å². The summed E-state index contributed by atoms with van der Waals surface area (Å²) in [5.41, 5.74) is 0.702. The summed E-state index contributed by atoms with van der Waals surface area (Å²) in [5.74, 6) is 2.83. The van der Waals surface area contributed by atoms with E-state index in [4.69, 9.17) is 19.2 Å². The van der Waals surface area contributed by atoms with E-state index in [1.54, 1.807) is 6.20 Å². The van der Waals surface area contributed by atoms with Gasteiger partial charge < -0.3 is 34.7 Å². The number of hydrogen-bond donors (Lipinski definition) is 4. The van der Waals surface area contributed by atoms with E-state index in [9.17, 15) is 0 Å². The smallest absolute Gasteiger partial charge is 0.369 e. The Hall–Kier alpha value is -2.37. The molecule has 0 radical (unpaired) electrons. The zero-order chi connectivity index (χ0) is 22.2. The number of rotatable bonds is 7. The molecular formula is C16H29N8O4P. The molecule has 0 saturated carbocycles. The molecular weight excluding hydrogens is 399 g/mol. The van der Waals surface area contributed by atoms with Crippen LogP contribution in [0.5, 0.6) is 0 Å². The van der Waals surface area contributed by atoms with E-state index in [1.165, 1.54) is 0 Å². The lowest BCUT2D eigenvalue weighted by atomic mass is 10.3. The fraction of sp³-hybridized carbons (Fsp3) is 0.500. The summed E-state index contributed by atoms with van der Waals surface area (Å²) in [4.78, 5) is 45.5.